The van der Waals surface area contributed by atoms with Gasteiger partial charge < -0.3 is 4.90 Å². The van der Waals surface area contributed by atoms with E-state index in [2.05, 4.69) is 20.8 Å². The van der Waals surface area contributed by atoms with Gasteiger partial charge >= 0.3 is 0 Å². The Labute approximate surface area is 127 Å². The number of hydrogen-bond acceptors (Lipinski definition) is 1. The maximum Gasteiger partial charge on any atom is 0.237 e. The van der Waals surface area contributed by atoms with E-state index in [-0.39, 0.29) is 5.91 Å². The molecule has 0 radical (unpaired) electrons. The molecule has 2 unspecified atom stereocenters. The second-order valence-electron chi connectivity index (χ2n) is 6.31. The molecule has 0 saturated carbocycles. The average molecular weight is 294 g/mol. The minimum Gasteiger partial charge on any atom is -0.314 e. The highest BCUT2D eigenvalue weighted by atomic mass is 35.5. The van der Waals surface area contributed by atoms with Gasteiger partial charge in [0.05, 0.1) is 5.41 Å². The first-order valence-corrected chi connectivity index (χ1v) is 7.86. The quantitative estimate of drug-likeness (QED) is 0.764. The fourth-order valence-electron chi connectivity index (χ4n) is 3.39. The van der Waals surface area contributed by atoms with Gasteiger partial charge in [-0.25, -0.2) is 0 Å². The van der Waals surface area contributed by atoms with Gasteiger partial charge in [0, 0.05) is 17.8 Å². The zero-order chi connectivity index (χ0) is 14.9. The molecule has 20 heavy (non-hydrogen) atoms. The zero-order valence-corrected chi connectivity index (χ0v) is 13.6. The third-order valence-electron chi connectivity index (χ3n) is 4.50. The molecule has 2 rings (SSSR count). The molecule has 0 aliphatic carbocycles. The summed E-state index contributed by atoms with van der Waals surface area (Å²) >= 11 is 6.14. The summed E-state index contributed by atoms with van der Waals surface area (Å²) in [5, 5.41) is 0.708. The molecule has 1 amide bonds. The van der Waals surface area contributed by atoms with Crippen molar-refractivity contribution in [1.29, 1.82) is 0 Å². The highest BCUT2D eigenvalue weighted by Crippen LogP contribution is 2.46. The summed E-state index contributed by atoms with van der Waals surface area (Å²) in [6.07, 6.45) is 4.50. The topological polar surface area (TPSA) is 20.3 Å². The first kappa shape index (κ1) is 15.4. The minimum absolute atomic E-state index is 0.193. The second-order valence-corrected chi connectivity index (χ2v) is 6.75. The van der Waals surface area contributed by atoms with E-state index in [1.807, 2.05) is 25.2 Å². The summed E-state index contributed by atoms with van der Waals surface area (Å²) in [4.78, 5) is 14.5. The normalized spacial score (nSPS) is 23.1. The van der Waals surface area contributed by atoms with Crippen molar-refractivity contribution in [2.75, 3.05) is 11.9 Å². The van der Waals surface area contributed by atoms with Crippen LogP contribution in [-0.4, -0.2) is 13.0 Å². The van der Waals surface area contributed by atoms with Crippen LogP contribution in [0.5, 0.6) is 0 Å². The predicted molar refractivity (Wildman–Crippen MR) is 85.5 cm³/mol. The molecule has 2 nitrogen and oxygen atoms in total. The molecule has 110 valence electrons. The molecule has 3 heteroatoms. The van der Waals surface area contributed by atoms with E-state index in [1.165, 1.54) is 19.3 Å². The molecule has 1 aliphatic heterocycles. The number of unbranched alkanes of at least 4 members (excludes halogenated alkanes) is 1. The van der Waals surface area contributed by atoms with Crippen molar-refractivity contribution >= 4 is 23.2 Å². The minimum atomic E-state index is -0.428. The lowest BCUT2D eigenvalue weighted by molar-refractivity contribution is -0.122. The first-order chi connectivity index (χ1) is 9.40. The Morgan fingerprint density at radius 1 is 1.40 bits per heavy atom. The molecule has 0 bridgehead atoms. The van der Waals surface area contributed by atoms with E-state index >= 15 is 0 Å². The number of carbonyl (C=O) groups is 1. The number of amides is 1. The van der Waals surface area contributed by atoms with Crippen LogP contribution in [0.4, 0.5) is 5.69 Å². The highest BCUT2D eigenvalue weighted by molar-refractivity contribution is 6.31. The Balaban J connectivity index is 2.31. The lowest BCUT2D eigenvalue weighted by Gasteiger charge is -2.27. The van der Waals surface area contributed by atoms with Gasteiger partial charge in [-0.3, -0.25) is 4.79 Å². The summed E-state index contributed by atoms with van der Waals surface area (Å²) in [5.74, 6) is 0.736. The van der Waals surface area contributed by atoms with Gasteiger partial charge in [0.25, 0.3) is 0 Å². The van der Waals surface area contributed by atoms with E-state index in [0.717, 1.165) is 17.7 Å². The van der Waals surface area contributed by atoms with E-state index in [1.54, 1.807) is 4.90 Å². The smallest absolute Gasteiger partial charge is 0.237 e. The fraction of sp³-hybridized carbons (Fsp3) is 0.588. The standard InChI is InChI=1S/C17H24ClNO/c1-5-6-7-12(2)11-17(3)14-10-13(18)8-9-15(14)19(4)16(17)20/h8-10,12H,5-7,11H2,1-4H3. The average Bonchev–Trinajstić information content (AvgIpc) is 2.59. The van der Waals surface area contributed by atoms with Crippen molar-refractivity contribution in [3.63, 3.8) is 0 Å². The number of halogens is 1. The Kier molecular flexibility index (Phi) is 4.43. The van der Waals surface area contributed by atoms with Gasteiger partial charge in [-0.1, -0.05) is 44.7 Å². The van der Waals surface area contributed by atoms with Gasteiger partial charge in [-0.15, -0.1) is 0 Å². The van der Waals surface area contributed by atoms with E-state index < -0.39 is 5.41 Å². The largest absolute Gasteiger partial charge is 0.314 e. The van der Waals surface area contributed by atoms with Crippen LogP contribution >= 0.6 is 11.6 Å². The number of anilines is 1. The number of benzene rings is 1. The number of likely N-dealkylation sites (N-methyl/N-ethyl adjacent to an activating group) is 1. The van der Waals surface area contributed by atoms with Gasteiger partial charge in [0.2, 0.25) is 5.91 Å². The third-order valence-corrected chi connectivity index (χ3v) is 4.73. The summed E-state index contributed by atoms with van der Waals surface area (Å²) < 4.78 is 0. The van der Waals surface area contributed by atoms with Crippen molar-refractivity contribution in [2.45, 2.75) is 51.9 Å². The van der Waals surface area contributed by atoms with Crippen LogP contribution in [0.15, 0.2) is 18.2 Å². The van der Waals surface area contributed by atoms with E-state index in [4.69, 9.17) is 11.6 Å². The lowest BCUT2D eigenvalue weighted by Crippen LogP contribution is -2.37. The van der Waals surface area contributed by atoms with Gasteiger partial charge in [0.15, 0.2) is 0 Å². The Morgan fingerprint density at radius 3 is 2.75 bits per heavy atom. The number of rotatable bonds is 5. The highest BCUT2D eigenvalue weighted by Gasteiger charge is 2.46. The van der Waals surface area contributed by atoms with E-state index in [0.29, 0.717) is 10.9 Å². The summed E-state index contributed by atoms with van der Waals surface area (Å²) in [7, 11) is 1.86. The van der Waals surface area contributed by atoms with Crippen LogP contribution in [0.2, 0.25) is 5.02 Å². The fourth-order valence-corrected chi connectivity index (χ4v) is 3.56. The van der Waals surface area contributed by atoms with Crippen LogP contribution < -0.4 is 4.90 Å². The van der Waals surface area contributed by atoms with Crippen molar-refractivity contribution in [3.05, 3.63) is 28.8 Å². The molecule has 0 saturated heterocycles. The molecule has 0 N–H and O–H groups in total. The molecular weight excluding hydrogens is 270 g/mol. The van der Waals surface area contributed by atoms with Gasteiger partial charge in [-0.05, 0) is 43.0 Å². The molecule has 0 fully saturated rings. The van der Waals surface area contributed by atoms with Crippen molar-refractivity contribution in [1.82, 2.24) is 0 Å². The maximum absolute atomic E-state index is 12.7. The monoisotopic (exact) mass is 293 g/mol. The molecule has 1 aromatic carbocycles. The third kappa shape index (κ3) is 2.58. The molecule has 1 heterocycles. The van der Waals surface area contributed by atoms with Crippen LogP contribution in [0.3, 0.4) is 0 Å². The summed E-state index contributed by atoms with van der Waals surface area (Å²) in [6, 6.07) is 5.78. The van der Waals surface area contributed by atoms with Crippen molar-refractivity contribution < 1.29 is 4.79 Å². The molecule has 0 spiro atoms. The lowest BCUT2D eigenvalue weighted by atomic mass is 9.75. The van der Waals surface area contributed by atoms with Crippen LogP contribution in [-0.2, 0) is 10.2 Å². The van der Waals surface area contributed by atoms with Crippen molar-refractivity contribution in [3.8, 4) is 0 Å². The number of hydrogen-bond donors (Lipinski definition) is 0. The summed E-state index contributed by atoms with van der Waals surface area (Å²) in [5.41, 5.74) is 1.66. The van der Waals surface area contributed by atoms with E-state index in [9.17, 15) is 4.79 Å². The SMILES string of the molecule is CCCCC(C)CC1(C)C(=O)N(C)c2ccc(Cl)cc21. The Bertz CT molecular complexity index is 514. The van der Waals surface area contributed by atoms with Crippen LogP contribution in [0, 0.1) is 5.92 Å². The number of nitrogens with zero attached hydrogens (tertiary/aromatic N) is 1. The van der Waals surface area contributed by atoms with Gasteiger partial charge in [0.1, 0.15) is 0 Å². The van der Waals surface area contributed by atoms with Crippen molar-refractivity contribution in [2.24, 2.45) is 5.92 Å². The Morgan fingerprint density at radius 2 is 2.10 bits per heavy atom. The van der Waals surface area contributed by atoms with Crippen LogP contribution in [0.1, 0.15) is 52.0 Å². The first-order valence-electron chi connectivity index (χ1n) is 7.48. The second kappa shape index (κ2) is 5.77. The molecule has 2 atom stereocenters. The summed E-state index contributed by atoms with van der Waals surface area (Å²) in [6.45, 7) is 6.52. The predicted octanol–water partition coefficient (Wildman–Crippen LogP) is 4.79. The zero-order valence-electron chi connectivity index (χ0n) is 12.9. The number of fused-ring (bicyclic) bond motifs is 1. The molecule has 0 aromatic heterocycles. The van der Waals surface area contributed by atoms with Gasteiger partial charge in [-0.2, -0.15) is 0 Å². The Hall–Kier alpha value is -1.02. The number of carbonyl (C=O) groups excluding carboxylic acids is 1. The molecule has 1 aliphatic rings. The molecular formula is C17H24ClNO. The van der Waals surface area contributed by atoms with Crippen LogP contribution in [0.25, 0.3) is 0 Å². The molecule has 1 aromatic rings. The maximum atomic E-state index is 12.7.